The van der Waals surface area contributed by atoms with Gasteiger partial charge in [0.1, 0.15) is 28.7 Å². The average molecular weight is 446 g/mol. The van der Waals surface area contributed by atoms with E-state index in [0.717, 1.165) is 6.07 Å². The molecule has 1 aromatic rings. The zero-order valence-corrected chi connectivity index (χ0v) is 17.6. The number of amides is 1. The summed E-state index contributed by atoms with van der Waals surface area (Å²) in [7, 11) is 3.07. The lowest BCUT2D eigenvalue weighted by Gasteiger charge is -2.50. The minimum Gasteiger partial charge on any atom is -0.510 e. The fraction of sp³-hybridized carbons (Fsp3) is 0.409. The van der Waals surface area contributed by atoms with Gasteiger partial charge in [0.05, 0.1) is 11.6 Å². The first kappa shape index (κ1) is 22.0. The first-order valence-corrected chi connectivity index (χ1v) is 9.99. The molecule has 0 saturated carbocycles. The molecule has 0 heterocycles. The maximum absolute atomic E-state index is 14.8. The number of nitrogens with zero attached hydrogens (tertiary/aromatic N) is 1. The van der Waals surface area contributed by atoms with E-state index in [4.69, 9.17) is 5.73 Å². The van der Waals surface area contributed by atoms with Crippen molar-refractivity contribution in [1.82, 2.24) is 4.90 Å². The first-order chi connectivity index (χ1) is 14.8. The molecule has 10 heteroatoms. The Morgan fingerprint density at radius 3 is 2.44 bits per heavy atom. The van der Waals surface area contributed by atoms with Crippen molar-refractivity contribution in [2.45, 2.75) is 31.4 Å². The molecule has 4 rings (SSSR count). The van der Waals surface area contributed by atoms with Gasteiger partial charge in [-0.25, -0.2) is 4.39 Å². The van der Waals surface area contributed by atoms with Crippen molar-refractivity contribution in [1.29, 1.82) is 0 Å². The van der Waals surface area contributed by atoms with Crippen molar-refractivity contribution in [3.05, 3.63) is 51.2 Å². The van der Waals surface area contributed by atoms with E-state index in [2.05, 4.69) is 0 Å². The van der Waals surface area contributed by atoms with Gasteiger partial charge in [0.15, 0.2) is 11.4 Å². The van der Waals surface area contributed by atoms with E-state index in [1.165, 1.54) is 25.9 Å². The predicted octanol–water partition coefficient (Wildman–Crippen LogP) is 0.568. The summed E-state index contributed by atoms with van der Waals surface area (Å²) in [5.41, 5.74) is 1.16. The molecule has 0 fully saturated rings. The zero-order chi connectivity index (χ0) is 23.9. The van der Waals surface area contributed by atoms with Gasteiger partial charge in [-0.3, -0.25) is 19.3 Å². The summed E-state index contributed by atoms with van der Waals surface area (Å²) in [6, 6.07) is 0.000561. The lowest BCUT2D eigenvalue weighted by Crippen LogP contribution is -2.63. The van der Waals surface area contributed by atoms with Crippen LogP contribution >= 0.6 is 0 Å². The topological polar surface area (TPSA) is 161 Å². The molecule has 6 N–H and O–H groups in total. The summed E-state index contributed by atoms with van der Waals surface area (Å²) in [5.74, 6) is -8.22. The second-order valence-corrected chi connectivity index (χ2v) is 8.84. The van der Waals surface area contributed by atoms with E-state index >= 15 is 0 Å². The summed E-state index contributed by atoms with van der Waals surface area (Å²) >= 11 is 0. The molecule has 3 aliphatic rings. The highest BCUT2D eigenvalue weighted by Gasteiger charge is 2.63. The molecule has 3 aliphatic carbocycles. The Balaban J connectivity index is 1.99. The van der Waals surface area contributed by atoms with Crippen LogP contribution in [0.4, 0.5) is 4.39 Å². The number of fused-ring (bicyclic) bond motifs is 3. The third-order valence-corrected chi connectivity index (χ3v) is 6.84. The van der Waals surface area contributed by atoms with E-state index in [-0.39, 0.29) is 35.1 Å². The molecular formula is C22H23FN2O7. The molecule has 4 atom stereocenters. The number of carbonyl (C=O) groups is 3. The Hall–Kier alpha value is -3.24. The number of primary amides is 1. The number of carbonyl (C=O) groups excluding carboxylic acids is 3. The van der Waals surface area contributed by atoms with Crippen LogP contribution in [0.25, 0.3) is 0 Å². The SMILES string of the molecule is Cc1cc(O)c2c(c1F)C[C@H]1C[C@H]3[C@H](N(C)C)C(O)=C(C(N)=O)C(=O)[C@@]3(O)C(O)=C1C2=O. The number of aliphatic hydroxyl groups is 3. The maximum Gasteiger partial charge on any atom is 0.255 e. The number of Topliss-reactive ketones (excluding diaryl/α,β-unsaturated/α-hetero) is 2. The van der Waals surface area contributed by atoms with Crippen LogP contribution < -0.4 is 5.73 Å². The Morgan fingerprint density at radius 2 is 1.88 bits per heavy atom. The van der Waals surface area contributed by atoms with Crippen LogP contribution in [0.5, 0.6) is 5.75 Å². The van der Waals surface area contributed by atoms with Gasteiger partial charge in [0.25, 0.3) is 5.91 Å². The second kappa shape index (κ2) is 6.88. The molecule has 1 aromatic carbocycles. The summed E-state index contributed by atoms with van der Waals surface area (Å²) in [6.07, 6.45) is -0.157. The van der Waals surface area contributed by atoms with Crippen molar-refractivity contribution in [2.24, 2.45) is 17.6 Å². The van der Waals surface area contributed by atoms with Gasteiger partial charge in [-0.05, 0) is 51.4 Å². The molecule has 1 amide bonds. The first-order valence-electron chi connectivity index (χ1n) is 9.99. The third-order valence-electron chi connectivity index (χ3n) is 6.84. The number of aliphatic hydroxyl groups excluding tert-OH is 2. The lowest BCUT2D eigenvalue weighted by molar-refractivity contribution is -0.148. The van der Waals surface area contributed by atoms with Crippen LogP contribution in [0.3, 0.4) is 0 Å². The van der Waals surface area contributed by atoms with Crippen LogP contribution in [-0.2, 0) is 16.0 Å². The number of phenols is 1. The lowest BCUT2D eigenvalue weighted by atomic mass is 9.58. The van der Waals surface area contributed by atoms with Gasteiger partial charge < -0.3 is 26.2 Å². The quantitative estimate of drug-likeness (QED) is 0.412. The van der Waals surface area contributed by atoms with Crippen LogP contribution in [0, 0.1) is 24.6 Å². The summed E-state index contributed by atoms with van der Waals surface area (Å²) in [6.45, 7) is 1.44. The highest BCUT2D eigenvalue weighted by Crippen LogP contribution is 2.52. The standard InChI is InChI=1S/C22H23FN2O7/c1-7-4-11(26)13-9(15(7)23)5-8-6-10-16(25(2)3)18(28)14(21(24)31)20(30)22(10,32)19(29)12(8)17(13)27/h4,8,10,16,26,28-29,32H,5-6H2,1-3H3,(H2,24,31)/t8-,10-,16-,22-/m0/s1. The summed E-state index contributed by atoms with van der Waals surface area (Å²) in [5, 5.41) is 43.4. The van der Waals surface area contributed by atoms with E-state index in [9.17, 15) is 39.2 Å². The molecule has 0 bridgehead atoms. The molecule has 0 unspecified atom stereocenters. The number of halogens is 1. The van der Waals surface area contributed by atoms with Gasteiger partial charge in [-0.2, -0.15) is 0 Å². The van der Waals surface area contributed by atoms with Crippen LogP contribution in [-0.4, -0.2) is 68.5 Å². The van der Waals surface area contributed by atoms with Gasteiger partial charge >= 0.3 is 0 Å². The number of aryl methyl sites for hydroxylation is 1. The fourth-order valence-electron chi connectivity index (χ4n) is 5.44. The monoisotopic (exact) mass is 446 g/mol. The number of hydrogen-bond acceptors (Lipinski definition) is 8. The van der Waals surface area contributed by atoms with Gasteiger partial charge in [-0.15, -0.1) is 0 Å². The molecule has 0 radical (unpaired) electrons. The Labute approximate surface area is 182 Å². The van der Waals surface area contributed by atoms with Gasteiger partial charge in [0, 0.05) is 17.1 Å². The van der Waals surface area contributed by atoms with Crippen molar-refractivity contribution in [3.8, 4) is 5.75 Å². The minimum absolute atomic E-state index is 0.0133. The Morgan fingerprint density at radius 1 is 1.25 bits per heavy atom. The number of hydrogen-bond donors (Lipinski definition) is 5. The van der Waals surface area contributed by atoms with Crippen molar-refractivity contribution in [3.63, 3.8) is 0 Å². The molecule has 0 aliphatic heterocycles. The molecular weight excluding hydrogens is 423 g/mol. The molecule has 0 saturated heterocycles. The van der Waals surface area contributed by atoms with Crippen molar-refractivity contribution >= 4 is 17.5 Å². The molecule has 0 aromatic heterocycles. The predicted molar refractivity (Wildman–Crippen MR) is 108 cm³/mol. The van der Waals surface area contributed by atoms with E-state index in [1.807, 2.05) is 0 Å². The van der Waals surface area contributed by atoms with Crippen LogP contribution in [0.2, 0.25) is 0 Å². The van der Waals surface area contributed by atoms with E-state index < -0.39 is 69.6 Å². The maximum atomic E-state index is 14.8. The summed E-state index contributed by atoms with van der Waals surface area (Å²) < 4.78 is 14.8. The van der Waals surface area contributed by atoms with Gasteiger partial charge in [0.2, 0.25) is 5.78 Å². The highest BCUT2D eigenvalue weighted by atomic mass is 19.1. The van der Waals surface area contributed by atoms with E-state index in [1.54, 1.807) is 0 Å². The average Bonchev–Trinajstić information content (AvgIpc) is 2.68. The number of phenolic OH excluding ortho intramolecular Hbond substituents is 1. The number of nitrogens with two attached hydrogens (primary N) is 1. The molecule has 170 valence electrons. The molecule has 9 nitrogen and oxygen atoms in total. The number of ketones is 2. The second-order valence-electron chi connectivity index (χ2n) is 8.84. The fourth-order valence-corrected chi connectivity index (χ4v) is 5.44. The smallest absolute Gasteiger partial charge is 0.255 e. The van der Waals surface area contributed by atoms with Crippen LogP contribution in [0.1, 0.15) is 27.9 Å². The Bertz CT molecular complexity index is 1170. The Kier molecular flexibility index (Phi) is 4.72. The van der Waals surface area contributed by atoms with Gasteiger partial charge in [-0.1, -0.05) is 0 Å². The van der Waals surface area contributed by atoms with Crippen molar-refractivity contribution < 1.29 is 39.2 Å². The number of aromatic hydroxyl groups is 1. The van der Waals surface area contributed by atoms with E-state index in [0.29, 0.717) is 0 Å². The largest absolute Gasteiger partial charge is 0.510 e. The number of benzene rings is 1. The molecule has 32 heavy (non-hydrogen) atoms. The third kappa shape index (κ3) is 2.59. The van der Waals surface area contributed by atoms with Crippen LogP contribution in [0.15, 0.2) is 28.7 Å². The minimum atomic E-state index is -2.70. The number of rotatable bonds is 2. The molecule has 0 spiro atoms. The number of likely N-dealkylation sites (N-methyl/N-ethyl adjacent to an activating group) is 1. The zero-order valence-electron chi connectivity index (χ0n) is 17.6. The number of allylic oxidation sites excluding steroid dienone is 1. The van der Waals surface area contributed by atoms with Crippen molar-refractivity contribution in [2.75, 3.05) is 14.1 Å². The summed E-state index contributed by atoms with van der Waals surface area (Å²) in [4.78, 5) is 39.7. The highest BCUT2D eigenvalue weighted by molar-refractivity contribution is 6.24. The normalized spacial score (nSPS) is 29.8.